The lowest BCUT2D eigenvalue weighted by molar-refractivity contribution is -0.129. The number of hydrogen-bond acceptors (Lipinski definition) is 2. The fourth-order valence-corrected chi connectivity index (χ4v) is 4.02. The lowest BCUT2D eigenvalue weighted by Crippen LogP contribution is -2.53. The first-order valence-corrected chi connectivity index (χ1v) is 9.43. The summed E-state index contributed by atoms with van der Waals surface area (Å²) in [6.45, 7) is 12.1. The average Bonchev–Trinajstić information content (AvgIpc) is 2.55. The van der Waals surface area contributed by atoms with Gasteiger partial charge < -0.3 is 5.32 Å². The predicted octanol–water partition coefficient (Wildman–Crippen LogP) is 4.12. The molecule has 1 fully saturated rings. The molecule has 24 heavy (non-hydrogen) atoms. The molecule has 1 amide bonds. The monoisotopic (exact) mass is 330 g/mol. The van der Waals surface area contributed by atoms with E-state index in [1.54, 1.807) is 0 Å². The minimum Gasteiger partial charge on any atom is -0.352 e. The molecule has 1 aromatic rings. The Kier molecular flexibility index (Phi) is 6.45. The zero-order valence-corrected chi connectivity index (χ0v) is 16.0. The van der Waals surface area contributed by atoms with Gasteiger partial charge in [0, 0.05) is 12.1 Å². The van der Waals surface area contributed by atoms with Gasteiger partial charge in [0.05, 0.1) is 6.04 Å². The number of nitrogens with zero attached hydrogens (tertiary/aromatic N) is 1. The topological polar surface area (TPSA) is 32.3 Å². The van der Waals surface area contributed by atoms with E-state index in [-0.39, 0.29) is 23.4 Å². The van der Waals surface area contributed by atoms with Crippen LogP contribution in [0.15, 0.2) is 30.3 Å². The van der Waals surface area contributed by atoms with Crippen LogP contribution in [0.2, 0.25) is 0 Å². The lowest BCUT2D eigenvalue weighted by Gasteiger charge is -2.38. The smallest absolute Gasteiger partial charge is 0.237 e. The first-order chi connectivity index (χ1) is 11.3. The largest absolute Gasteiger partial charge is 0.352 e. The van der Waals surface area contributed by atoms with Crippen LogP contribution in [-0.2, 0) is 10.2 Å². The SMILES string of the molecule is CC(CC(C)(C)c1ccccc1)NC(=O)C1CCCCN1C(C)C. The summed E-state index contributed by atoms with van der Waals surface area (Å²) in [6.07, 6.45) is 4.29. The van der Waals surface area contributed by atoms with Crippen LogP contribution in [0.1, 0.15) is 65.9 Å². The Hall–Kier alpha value is -1.35. The minimum absolute atomic E-state index is 0.0426. The molecule has 2 rings (SSSR count). The van der Waals surface area contributed by atoms with Crippen LogP contribution < -0.4 is 5.32 Å². The van der Waals surface area contributed by atoms with Crippen molar-refractivity contribution < 1.29 is 4.79 Å². The first kappa shape index (κ1) is 19.0. The molecule has 3 nitrogen and oxygen atoms in total. The van der Waals surface area contributed by atoms with Gasteiger partial charge in [-0.3, -0.25) is 9.69 Å². The third-order valence-corrected chi connectivity index (χ3v) is 5.27. The van der Waals surface area contributed by atoms with Gasteiger partial charge in [-0.25, -0.2) is 0 Å². The highest BCUT2D eigenvalue weighted by molar-refractivity contribution is 5.82. The molecule has 0 spiro atoms. The predicted molar refractivity (Wildman–Crippen MR) is 101 cm³/mol. The molecule has 0 aromatic heterocycles. The maximum atomic E-state index is 12.8. The number of carbonyl (C=O) groups excluding carboxylic acids is 1. The second-order valence-electron chi connectivity index (χ2n) is 8.21. The molecule has 0 bridgehead atoms. The van der Waals surface area contributed by atoms with Crippen LogP contribution in [-0.4, -0.2) is 35.5 Å². The number of carbonyl (C=O) groups is 1. The van der Waals surface area contributed by atoms with Gasteiger partial charge in [0.25, 0.3) is 0 Å². The van der Waals surface area contributed by atoms with Crippen LogP contribution in [0.25, 0.3) is 0 Å². The zero-order valence-electron chi connectivity index (χ0n) is 16.0. The van der Waals surface area contributed by atoms with Crippen molar-refractivity contribution >= 4 is 5.91 Å². The summed E-state index contributed by atoms with van der Waals surface area (Å²) in [4.78, 5) is 15.1. The van der Waals surface area contributed by atoms with Crippen molar-refractivity contribution in [1.29, 1.82) is 0 Å². The second kappa shape index (κ2) is 8.15. The molecule has 2 unspecified atom stereocenters. The summed E-state index contributed by atoms with van der Waals surface area (Å²) in [5.74, 6) is 0.208. The van der Waals surface area contributed by atoms with Crippen LogP contribution >= 0.6 is 0 Å². The molecule has 1 aliphatic rings. The van der Waals surface area contributed by atoms with E-state index in [9.17, 15) is 4.79 Å². The van der Waals surface area contributed by atoms with Crippen molar-refractivity contribution in [2.75, 3.05) is 6.54 Å². The Balaban J connectivity index is 1.96. The fourth-order valence-electron chi connectivity index (χ4n) is 4.02. The molecule has 1 aliphatic heterocycles. The van der Waals surface area contributed by atoms with Gasteiger partial charge in [-0.1, -0.05) is 50.6 Å². The first-order valence-electron chi connectivity index (χ1n) is 9.43. The summed E-state index contributed by atoms with van der Waals surface area (Å²) >= 11 is 0. The van der Waals surface area contributed by atoms with E-state index in [1.165, 1.54) is 12.0 Å². The molecule has 1 heterocycles. The summed E-state index contributed by atoms with van der Waals surface area (Å²) < 4.78 is 0. The average molecular weight is 331 g/mol. The highest BCUT2D eigenvalue weighted by Gasteiger charge is 2.32. The van der Waals surface area contributed by atoms with Crippen LogP contribution in [0.4, 0.5) is 0 Å². The van der Waals surface area contributed by atoms with Crippen molar-refractivity contribution in [2.45, 2.75) is 83.8 Å². The number of nitrogens with one attached hydrogen (secondary N) is 1. The zero-order chi connectivity index (χ0) is 17.7. The number of benzene rings is 1. The summed E-state index contributed by atoms with van der Waals surface area (Å²) in [5.41, 5.74) is 1.38. The van der Waals surface area contributed by atoms with Gasteiger partial charge in [-0.15, -0.1) is 0 Å². The minimum atomic E-state index is 0.0426. The molecule has 0 radical (unpaired) electrons. The van der Waals surface area contributed by atoms with E-state index in [4.69, 9.17) is 0 Å². The van der Waals surface area contributed by atoms with Gasteiger partial charge in [-0.05, 0) is 57.6 Å². The number of amides is 1. The third-order valence-electron chi connectivity index (χ3n) is 5.27. The van der Waals surface area contributed by atoms with Crippen molar-refractivity contribution in [3.05, 3.63) is 35.9 Å². The quantitative estimate of drug-likeness (QED) is 0.851. The molecule has 0 aliphatic carbocycles. The lowest BCUT2D eigenvalue weighted by atomic mass is 9.79. The van der Waals surface area contributed by atoms with E-state index >= 15 is 0 Å². The summed E-state index contributed by atoms with van der Waals surface area (Å²) in [5, 5.41) is 3.28. The van der Waals surface area contributed by atoms with Gasteiger partial charge >= 0.3 is 0 Å². The molecule has 2 atom stereocenters. The molecule has 1 aromatic carbocycles. The number of hydrogen-bond donors (Lipinski definition) is 1. The third kappa shape index (κ3) is 4.83. The second-order valence-corrected chi connectivity index (χ2v) is 8.21. The Labute approximate surface area is 147 Å². The van der Waals surface area contributed by atoms with Crippen LogP contribution in [0, 0.1) is 0 Å². The van der Waals surface area contributed by atoms with E-state index < -0.39 is 0 Å². The Bertz CT molecular complexity index is 524. The maximum absolute atomic E-state index is 12.8. The van der Waals surface area contributed by atoms with Crippen molar-refractivity contribution in [1.82, 2.24) is 10.2 Å². The summed E-state index contributed by atoms with van der Waals surface area (Å²) in [6, 6.07) is 11.2. The van der Waals surface area contributed by atoms with Crippen molar-refractivity contribution in [3.8, 4) is 0 Å². The molecular weight excluding hydrogens is 296 g/mol. The maximum Gasteiger partial charge on any atom is 0.237 e. The molecule has 0 saturated carbocycles. The van der Waals surface area contributed by atoms with Gasteiger partial charge in [0.15, 0.2) is 0 Å². The van der Waals surface area contributed by atoms with Crippen LogP contribution in [0.5, 0.6) is 0 Å². The molecule has 1 saturated heterocycles. The fraction of sp³-hybridized carbons (Fsp3) is 0.667. The van der Waals surface area contributed by atoms with Crippen LogP contribution in [0.3, 0.4) is 0 Å². The Morgan fingerprint density at radius 1 is 1.21 bits per heavy atom. The molecule has 1 N–H and O–H groups in total. The highest BCUT2D eigenvalue weighted by atomic mass is 16.2. The van der Waals surface area contributed by atoms with E-state index in [1.807, 2.05) is 6.07 Å². The molecular formula is C21H34N2O. The van der Waals surface area contributed by atoms with Gasteiger partial charge in [0.1, 0.15) is 0 Å². The van der Waals surface area contributed by atoms with Crippen molar-refractivity contribution in [2.24, 2.45) is 0 Å². The number of rotatable bonds is 6. The normalized spacial score (nSPS) is 20.8. The number of likely N-dealkylation sites (tertiary alicyclic amines) is 1. The van der Waals surface area contributed by atoms with Crippen molar-refractivity contribution in [3.63, 3.8) is 0 Å². The highest BCUT2D eigenvalue weighted by Crippen LogP contribution is 2.28. The van der Waals surface area contributed by atoms with Gasteiger partial charge in [0.2, 0.25) is 5.91 Å². The Morgan fingerprint density at radius 3 is 2.50 bits per heavy atom. The van der Waals surface area contributed by atoms with E-state index in [0.29, 0.717) is 6.04 Å². The standard InChI is InChI=1S/C21H34N2O/c1-16(2)23-14-10-9-13-19(23)20(24)22-17(3)15-21(4,5)18-11-7-6-8-12-18/h6-8,11-12,16-17,19H,9-10,13-15H2,1-5H3,(H,22,24). The van der Waals surface area contributed by atoms with Gasteiger partial charge in [-0.2, -0.15) is 0 Å². The molecule has 3 heteroatoms. The number of piperidine rings is 1. The van der Waals surface area contributed by atoms with E-state index in [2.05, 4.69) is 69.1 Å². The Morgan fingerprint density at radius 2 is 1.88 bits per heavy atom. The summed E-state index contributed by atoms with van der Waals surface area (Å²) in [7, 11) is 0. The molecule has 134 valence electrons. The van der Waals surface area contributed by atoms with E-state index in [0.717, 1.165) is 25.8 Å².